The number of fused-ring (bicyclic) bond motifs is 1. The molecular formula is C17H16FN5O. The molecule has 0 aliphatic heterocycles. The Morgan fingerprint density at radius 2 is 2.04 bits per heavy atom. The Balaban J connectivity index is 1.54. The average Bonchev–Trinajstić information content (AvgIpc) is 3.24. The molecule has 3 N–H and O–H groups in total. The van der Waals surface area contributed by atoms with E-state index in [-0.39, 0.29) is 11.9 Å². The number of hydrogen-bond donors (Lipinski definition) is 3. The van der Waals surface area contributed by atoms with Gasteiger partial charge >= 0.3 is 0 Å². The molecule has 1 aliphatic carbocycles. The summed E-state index contributed by atoms with van der Waals surface area (Å²) >= 11 is 0. The van der Waals surface area contributed by atoms with Crippen LogP contribution in [0.25, 0.3) is 11.3 Å². The highest BCUT2D eigenvalue weighted by atomic mass is 19.1. The molecule has 1 amide bonds. The predicted molar refractivity (Wildman–Crippen MR) is 85.8 cm³/mol. The van der Waals surface area contributed by atoms with Gasteiger partial charge in [-0.1, -0.05) is 12.1 Å². The van der Waals surface area contributed by atoms with E-state index in [0.29, 0.717) is 23.2 Å². The van der Waals surface area contributed by atoms with Gasteiger partial charge in [-0.2, -0.15) is 10.2 Å². The first-order valence-electron chi connectivity index (χ1n) is 7.82. The summed E-state index contributed by atoms with van der Waals surface area (Å²) in [6, 6.07) is 6.34. The highest BCUT2D eigenvalue weighted by Gasteiger charge is 2.24. The molecule has 0 spiro atoms. The van der Waals surface area contributed by atoms with Crippen LogP contribution in [-0.4, -0.2) is 32.3 Å². The molecule has 2 aromatic heterocycles. The van der Waals surface area contributed by atoms with E-state index < -0.39 is 5.82 Å². The topological polar surface area (TPSA) is 86.5 Å². The maximum atomic E-state index is 14.0. The normalized spacial score (nSPS) is 16.6. The molecule has 3 aromatic rings. The van der Waals surface area contributed by atoms with Crippen LogP contribution < -0.4 is 5.32 Å². The largest absolute Gasteiger partial charge is 0.349 e. The maximum absolute atomic E-state index is 14.0. The van der Waals surface area contributed by atoms with Crippen LogP contribution in [0, 0.1) is 5.82 Å². The second-order valence-corrected chi connectivity index (χ2v) is 5.93. The SMILES string of the molecule is O=C(N[C@H]1CCc2cn[nH]c2C1)c1cn[nH]c1-c1ccccc1F. The number of carbonyl (C=O) groups excluding carboxylic acids is 1. The Bertz CT molecular complexity index is 885. The second kappa shape index (κ2) is 5.92. The molecule has 0 bridgehead atoms. The van der Waals surface area contributed by atoms with E-state index in [1.807, 2.05) is 6.20 Å². The molecule has 0 unspecified atom stereocenters. The fraction of sp³-hybridized carbons (Fsp3) is 0.235. The van der Waals surface area contributed by atoms with Crippen LogP contribution in [0.3, 0.4) is 0 Å². The minimum atomic E-state index is -0.393. The van der Waals surface area contributed by atoms with Gasteiger partial charge < -0.3 is 5.32 Å². The Labute approximate surface area is 137 Å². The summed E-state index contributed by atoms with van der Waals surface area (Å²) in [4.78, 5) is 12.6. The number of aromatic amines is 2. The first-order valence-corrected chi connectivity index (χ1v) is 7.82. The van der Waals surface area contributed by atoms with E-state index in [4.69, 9.17) is 0 Å². The van der Waals surface area contributed by atoms with Crippen LogP contribution in [0.5, 0.6) is 0 Å². The molecule has 7 heteroatoms. The Kier molecular flexibility index (Phi) is 3.60. The molecule has 1 aliphatic rings. The van der Waals surface area contributed by atoms with Crippen molar-refractivity contribution in [3.63, 3.8) is 0 Å². The average molecular weight is 325 g/mol. The molecule has 1 aromatic carbocycles. The molecule has 0 saturated carbocycles. The van der Waals surface area contributed by atoms with Crippen LogP contribution >= 0.6 is 0 Å². The third-order valence-corrected chi connectivity index (χ3v) is 4.38. The van der Waals surface area contributed by atoms with Crippen LogP contribution in [0.1, 0.15) is 28.0 Å². The minimum Gasteiger partial charge on any atom is -0.349 e. The Hall–Kier alpha value is -2.96. The molecule has 1 atom stereocenters. The summed E-state index contributed by atoms with van der Waals surface area (Å²) in [5, 5.41) is 16.7. The van der Waals surface area contributed by atoms with Crippen LogP contribution in [0.15, 0.2) is 36.7 Å². The number of hydrogen-bond acceptors (Lipinski definition) is 3. The third kappa shape index (κ3) is 2.58. The quantitative estimate of drug-likeness (QED) is 0.690. The second-order valence-electron chi connectivity index (χ2n) is 5.93. The molecule has 2 heterocycles. The van der Waals surface area contributed by atoms with Crippen molar-refractivity contribution in [3.05, 3.63) is 59.3 Å². The first-order chi connectivity index (χ1) is 11.7. The Morgan fingerprint density at radius 1 is 1.21 bits per heavy atom. The van der Waals surface area contributed by atoms with Gasteiger partial charge in [0.15, 0.2) is 0 Å². The van der Waals surface area contributed by atoms with E-state index in [2.05, 4.69) is 25.7 Å². The Morgan fingerprint density at radius 3 is 2.92 bits per heavy atom. The smallest absolute Gasteiger partial charge is 0.255 e. The van der Waals surface area contributed by atoms with Gasteiger partial charge in [0.2, 0.25) is 0 Å². The van der Waals surface area contributed by atoms with E-state index in [1.54, 1.807) is 18.2 Å². The van der Waals surface area contributed by atoms with Crippen molar-refractivity contribution in [1.82, 2.24) is 25.7 Å². The van der Waals surface area contributed by atoms with Crippen molar-refractivity contribution in [1.29, 1.82) is 0 Å². The van der Waals surface area contributed by atoms with E-state index in [0.717, 1.165) is 18.5 Å². The van der Waals surface area contributed by atoms with E-state index in [9.17, 15) is 9.18 Å². The molecule has 4 rings (SSSR count). The van der Waals surface area contributed by atoms with Gasteiger partial charge in [0.1, 0.15) is 5.82 Å². The van der Waals surface area contributed by atoms with Gasteiger partial charge in [0.05, 0.1) is 23.7 Å². The third-order valence-electron chi connectivity index (χ3n) is 4.38. The highest BCUT2D eigenvalue weighted by molar-refractivity contribution is 5.99. The van der Waals surface area contributed by atoms with Gasteiger partial charge in [0, 0.05) is 23.7 Å². The number of carbonyl (C=O) groups is 1. The summed E-state index contributed by atoms with van der Waals surface area (Å²) in [7, 11) is 0. The summed E-state index contributed by atoms with van der Waals surface area (Å²) in [6.45, 7) is 0. The number of amides is 1. The van der Waals surface area contributed by atoms with Crippen molar-refractivity contribution >= 4 is 5.91 Å². The molecular weight excluding hydrogens is 309 g/mol. The lowest BCUT2D eigenvalue weighted by Crippen LogP contribution is -2.38. The van der Waals surface area contributed by atoms with Crippen molar-refractivity contribution < 1.29 is 9.18 Å². The standard InChI is InChI=1S/C17H16FN5O/c18-14-4-2-1-3-12(14)16-13(9-20-23-16)17(24)21-11-6-5-10-8-19-22-15(10)7-11/h1-4,8-9,11H,5-7H2,(H,19,22)(H,20,23)(H,21,24)/t11-/m0/s1. The number of nitrogens with zero attached hydrogens (tertiary/aromatic N) is 2. The zero-order chi connectivity index (χ0) is 16.5. The van der Waals surface area contributed by atoms with E-state index in [1.165, 1.54) is 17.8 Å². The summed E-state index contributed by atoms with van der Waals surface area (Å²) in [6.07, 6.45) is 5.71. The maximum Gasteiger partial charge on any atom is 0.255 e. The van der Waals surface area contributed by atoms with Gasteiger partial charge in [-0.25, -0.2) is 4.39 Å². The fourth-order valence-electron chi connectivity index (χ4n) is 3.12. The highest BCUT2D eigenvalue weighted by Crippen LogP contribution is 2.25. The predicted octanol–water partition coefficient (Wildman–Crippen LogP) is 2.23. The number of aryl methyl sites for hydroxylation is 1. The summed E-state index contributed by atoms with van der Waals surface area (Å²) in [5.74, 6) is -0.648. The summed E-state index contributed by atoms with van der Waals surface area (Å²) in [5.41, 5.74) is 3.34. The van der Waals surface area contributed by atoms with Crippen LogP contribution in [0.2, 0.25) is 0 Å². The zero-order valence-corrected chi connectivity index (χ0v) is 12.8. The molecule has 122 valence electrons. The monoisotopic (exact) mass is 325 g/mol. The molecule has 0 saturated heterocycles. The number of H-pyrrole nitrogens is 2. The molecule has 0 fully saturated rings. The van der Waals surface area contributed by atoms with Gasteiger partial charge in [-0.15, -0.1) is 0 Å². The number of rotatable bonds is 3. The van der Waals surface area contributed by atoms with Crippen LogP contribution in [0.4, 0.5) is 4.39 Å². The fourth-order valence-corrected chi connectivity index (χ4v) is 3.12. The van der Waals surface area contributed by atoms with E-state index >= 15 is 0 Å². The van der Waals surface area contributed by atoms with Gasteiger partial charge in [0.25, 0.3) is 5.91 Å². The van der Waals surface area contributed by atoms with Crippen LogP contribution in [-0.2, 0) is 12.8 Å². The number of benzene rings is 1. The van der Waals surface area contributed by atoms with Crippen molar-refractivity contribution in [3.8, 4) is 11.3 Å². The van der Waals surface area contributed by atoms with Gasteiger partial charge in [-0.05, 0) is 30.5 Å². The minimum absolute atomic E-state index is 0.0221. The number of nitrogens with one attached hydrogen (secondary N) is 3. The molecule has 6 nitrogen and oxygen atoms in total. The number of aromatic nitrogens is 4. The van der Waals surface area contributed by atoms with Crippen molar-refractivity contribution in [2.75, 3.05) is 0 Å². The van der Waals surface area contributed by atoms with Crippen molar-refractivity contribution in [2.45, 2.75) is 25.3 Å². The lowest BCUT2D eigenvalue weighted by Gasteiger charge is -2.22. The zero-order valence-electron chi connectivity index (χ0n) is 12.8. The summed E-state index contributed by atoms with van der Waals surface area (Å²) < 4.78 is 14.0. The molecule has 0 radical (unpaired) electrons. The lowest BCUT2D eigenvalue weighted by atomic mass is 9.93. The first kappa shape index (κ1) is 14.6. The molecule has 24 heavy (non-hydrogen) atoms. The van der Waals surface area contributed by atoms with Gasteiger partial charge in [-0.3, -0.25) is 15.0 Å². The lowest BCUT2D eigenvalue weighted by molar-refractivity contribution is 0.0934. The number of halogens is 1. The van der Waals surface area contributed by atoms with Crippen molar-refractivity contribution in [2.24, 2.45) is 0 Å².